The van der Waals surface area contributed by atoms with Crippen LogP contribution in [0.1, 0.15) is 55.3 Å². The van der Waals surface area contributed by atoms with Crippen LogP contribution in [0.4, 0.5) is 0 Å². The molecule has 0 radical (unpaired) electrons. The first-order valence-electron chi connectivity index (χ1n) is 9.31. The predicted molar refractivity (Wildman–Crippen MR) is 105 cm³/mol. The fourth-order valence-electron chi connectivity index (χ4n) is 3.81. The molecular formula is C21H26N2O3S. The Hall–Kier alpha value is -2.21. The highest BCUT2D eigenvalue weighted by atomic mass is 32.2. The smallest absolute Gasteiger partial charge is 0.242 e. The normalized spacial score (nSPS) is 17.4. The van der Waals surface area contributed by atoms with Crippen LogP contribution in [0, 0.1) is 13.8 Å². The number of nitrogens with zero attached hydrogens (tertiary/aromatic N) is 1. The molecule has 0 bridgehead atoms. The van der Waals surface area contributed by atoms with E-state index in [2.05, 4.69) is 10.3 Å². The van der Waals surface area contributed by atoms with E-state index in [4.69, 9.17) is 0 Å². The van der Waals surface area contributed by atoms with Gasteiger partial charge in [0, 0.05) is 12.4 Å². The summed E-state index contributed by atoms with van der Waals surface area (Å²) in [7, 11) is -3.81. The lowest BCUT2D eigenvalue weighted by atomic mass is 10.0. The number of sulfone groups is 1. The number of carbonyl (C=O) groups is 1. The average molecular weight is 387 g/mol. The van der Waals surface area contributed by atoms with Crippen molar-refractivity contribution in [2.45, 2.75) is 62.1 Å². The number of carbonyl (C=O) groups excluding carboxylic acids is 1. The number of rotatable bonds is 5. The number of pyridine rings is 1. The van der Waals surface area contributed by atoms with E-state index in [-0.39, 0.29) is 10.9 Å². The van der Waals surface area contributed by atoms with Gasteiger partial charge < -0.3 is 5.32 Å². The molecule has 0 aliphatic heterocycles. The largest absolute Gasteiger partial charge is 0.348 e. The van der Waals surface area contributed by atoms with Crippen LogP contribution in [-0.2, 0) is 14.6 Å². The van der Waals surface area contributed by atoms with Crippen LogP contribution in [-0.4, -0.2) is 24.1 Å². The van der Waals surface area contributed by atoms with Gasteiger partial charge in [0.25, 0.3) is 0 Å². The zero-order valence-electron chi connectivity index (χ0n) is 16.0. The Morgan fingerprint density at radius 3 is 2.52 bits per heavy atom. The highest BCUT2D eigenvalue weighted by Crippen LogP contribution is 2.42. The van der Waals surface area contributed by atoms with Gasteiger partial charge in [0.1, 0.15) is 0 Å². The molecule has 1 aromatic heterocycles. The number of hydrogen-bond acceptors (Lipinski definition) is 4. The quantitative estimate of drug-likeness (QED) is 0.851. The number of hydrogen-bond donors (Lipinski definition) is 1. The molecule has 1 aliphatic carbocycles. The van der Waals surface area contributed by atoms with Gasteiger partial charge in [-0.25, -0.2) is 8.42 Å². The summed E-state index contributed by atoms with van der Waals surface area (Å²) in [5.74, 6) is -0.405. The fourth-order valence-corrected chi connectivity index (χ4v) is 6.20. The molecule has 1 saturated carbocycles. The Bertz CT molecular complexity index is 933. The Labute approximate surface area is 161 Å². The molecule has 144 valence electrons. The van der Waals surface area contributed by atoms with Crippen molar-refractivity contribution < 1.29 is 13.2 Å². The standard InChI is InChI=1S/C21H26N2O3S/c1-15-8-9-16(2)19(13-15)27(25,26)21(10-4-5-11-21)20(24)23-17(3)18-7-6-12-22-14-18/h6-9,12-14,17H,4-5,10-11H2,1-3H3,(H,23,24). The monoisotopic (exact) mass is 386 g/mol. The predicted octanol–water partition coefficient (Wildman–Crippen LogP) is 3.66. The van der Waals surface area contributed by atoms with Gasteiger partial charge in [-0.05, 0) is 62.4 Å². The Kier molecular flexibility index (Phi) is 5.38. The third-order valence-electron chi connectivity index (χ3n) is 5.50. The second-order valence-electron chi connectivity index (χ2n) is 7.46. The van der Waals surface area contributed by atoms with Gasteiger partial charge in [0.2, 0.25) is 5.91 Å². The van der Waals surface area contributed by atoms with Gasteiger partial charge in [0.05, 0.1) is 10.9 Å². The van der Waals surface area contributed by atoms with Crippen molar-refractivity contribution in [1.29, 1.82) is 0 Å². The summed E-state index contributed by atoms with van der Waals surface area (Å²) in [6, 6.07) is 8.75. The maximum Gasteiger partial charge on any atom is 0.242 e. The van der Waals surface area contributed by atoms with Crippen LogP contribution in [0.15, 0.2) is 47.6 Å². The number of benzene rings is 1. The van der Waals surface area contributed by atoms with Crippen LogP contribution in [0.25, 0.3) is 0 Å². The molecule has 1 unspecified atom stereocenters. The van der Waals surface area contributed by atoms with Crippen molar-refractivity contribution in [3.8, 4) is 0 Å². The lowest BCUT2D eigenvalue weighted by Crippen LogP contribution is -2.51. The molecule has 1 amide bonds. The second-order valence-corrected chi connectivity index (χ2v) is 9.68. The van der Waals surface area contributed by atoms with E-state index in [0.29, 0.717) is 18.4 Å². The molecular weight excluding hydrogens is 360 g/mol. The van der Waals surface area contributed by atoms with E-state index in [1.165, 1.54) is 0 Å². The number of nitrogens with one attached hydrogen (secondary N) is 1. The number of aryl methyl sites for hydroxylation is 2. The van der Waals surface area contributed by atoms with E-state index in [1.54, 1.807) is 37.5 Å². The molecule has 2 aromatic rings. The molecule has 6 heteroatoms. The van der Waals surface area contributed by atoms with Gasteiger partial charge >= 0.3 is 0 Å². The summed E-state index contributed by atoms with van der Waals surface area (Å²) in [6.07, 6.45) is 5.53. The summed E-state index contributed by atoms with van der Waals surface area (Å²) in [5, 5.41) is 2.93. The Morgan fingerprint density at radius 2 is 1.89 bits per heavy atom. The van der Waals surface area contributed by atoms with Crippen LogP contribution in [0.5, 0.6) is 0 Å². The van der Waals surface area contributed by atoms with Crippen molar-refractivity contribution in [3.05, 3.63) is 59.4 Å². The van der Waals surface area contributed by atoms with Crippen molar-refractivity contribution in [2.75, 3.05) is 0 Å². The van der Waals surface area contributed by atoms with Crippen molar-refractivity contribution in [1.82, 2.24) is 10.3 Å². The molecule has 27 heavy (non-hydrogen) atoms. The third kappa shape index (κ3) is 3.50. The molecule has 5 nitrogen and oxygen atoms in total. The highest BCUT2D eigenvalue weighted by Gasteiger charge is 2.53. The van der Waals surface area contributed by atoms with E-state index < -0.39 is 20.5 Å². The summed E-state index contributed by atoms with van der Waals surface area (Å²) < 4.78 is 25.8. The first kappa shape index (κ1) is 19.5. The van der Waals surface area contributed by atoms with E-state index >= 15 is 0 Å². The minimum absolute atomic E-state index is 0.272. The molecule has 0 spiro atoms. The van der Waals surface area contributed by atoms with Gasteiger partial charge in [-0.1, -0.05) is 31.0 Å². The first-order valence-corrected chi connectivity index (χ1v) is 10.8. The van der Waals surface area contributed by atoms with Gasteiger partial charge in [-0.2, -0.15) is 0 Å². The summed E-state index contributed by atoms with van der Waals surface area (Å²) in [5.41, 5.74) is 2.40. The van der Waals surface area contributed by atoms with Gasteiger partial charge in [-0.3, -0.25) is 9.78 Å². The molecule has 1 aliphatic rings. The van der Waals surface area contributed by atoms with Crippen molar-refractivity contribution >= 4 is 15.7 Å². The van der Waals surface area contributed by atoms with Crippen molar-refractivity contribution in [2.24, 2.45) is 0 Å². The van der Waals surface area contributed by atoms with Crippen LogP contribution in [0.2, 0.25) is 0 Å². The van der Waals surface area contributed by atoms with Crippen molar-refractivity contribution in [3.63, 3.8) is 0 Å². The molecule has 1 N–H and O–H groups in total. The topological polar surface area (TPSA) is 76.1 Å². The van der Waals surface area contributed by atoms with E-state index in [0.717, 1.165) is 24.0 Å². The lowest BCUT2D eigenvalue weighted by Gasteiger charge is -2.30. The maximum atomic E-state index is 13.6. The highest BCUT2D eigenvalue weighted by molar-refractivity contribution is 7.93. The zero-order chi connectivity index (χ0) is 19.7. The SMILES string of the molecule is Cc1ccc(C)c(S(=O)(=O)C2(C(=O)NC(C)c3cccnc3)CCCC2)c1. The Morgan fingerprint density at radius 1 is 1.19 bits per heavy atom. The molecule has 0 saturated heterocycles. The first-order chi connectivity index (χ1) is 12.8. The average Bonchev–Trinajstić information content (AvgIpc) is 3.16. The van der Waals surface area contributed by atoms with Gasteiger partial charge in [0.15, 0.2) is 14.6 Å². The maximum absolute atomic E-state index is 13.6. The summed E-state index contributed by atoms with van der Waals surface area (Å²) in [4.78, 5) is 17.6. The zero-order valence-corrected chi connectivity index (χ0v) is 16.8. The Balaban J connectivity index is 1.98. The molecule has 1 heterocycles. The van der Waals surface area contributed by atoms with Crippen LogP contribution in [0.3, 0.4) is 0 Å². The van der Waals surface area contributed by atoms with E-state index in [1.807, 2.05) is 26.0 Å². The summed E-state index contributed by atoms with van der Waals surface area (Å²) in [6.45, 7) is 5.50. The number of amides is 1. The fraction of sp³-hybridized carbons (Fsp3) is 0.429. The van der Waals surface area contributed by atoms with E-state index in [9.17, 15) is 13.2 Å². The van der Waals surface area contributed by atoms with Gasteiger partial charge in [-0.15, -0.1) is 0 Å². The minimum Gasteiger partial charge on any atom is -0.348 e. The molecule has 1 atom stereocenters. The molecule has 3 rings (SSSR count). The third-order valence-corrected chi connectivity index (χ3v) is 8.15. The molecule has 1 fully saturated rings. The lowest BCUT2D eigenvalue weighted by molar-refractivity contribution is -0.124. The molecule has 1 aromatic carbocycles. The summed E-state index contributed by atoms with van der Waals surface area (Å²) >= 11 is 0. The van der Waals surface area contributed by atoms with Crippen LogP contribution >= 0.6 is 0 Å². The van der Waals surface area contributed by atoms with Crippen LogP contribution < -0.4 is 5.32 Å². The minimum atomic E-state index is -3.81. The second kappa shape index (κ2) is 7.43. The number of aromatic nitrogens is 1.